The first kappa shape index (κ1) is 27.6. The van der Waals surface area contributed by atoms with Crippen LogP contribution in [0, 0.1) is 0 Å². The van der Waals surface area contributed by atoms with E-state index in [9.17, 15) is 14.4 Å². The van der Waals surface area contributed by atoms with Crippen LogP contribution in [-0.4, -0.2) is 78.2 Å². The molecule has 39 heavy (non-hydrogen) atoms. The van der Waals surface area contributed by atoms with Crippen LogP contribution in [0.4, 0.5) is 28.8 Å². The molecule has 0 saturated carbocycles. The molecule has 2 aromatic carbocycles. The zero-order valence-corrected chi connectivity index (χ0v) is 22.5. The lowest BCUT2D eigenvalue weighted by Crippen LogP contribution is -2.30. The number of halogens is 1. The number of ether oxygens (including phenoxy) is 1. The van der Waals surface area contributed by atoms with E-state index in [0.29, 0.717) is 34.9 Å². The van der Waals surface area contributed by atoms with Gasteiger partial charge < -0.3 is 25.6 Å². The van der Waals surface area contributed by atoms with Gasteiger partial charge in [0.05, 0.1) is 30.2 Å². The van der Waals surface area contributed by atoms with Crippen LogP contribution in [-0.2, 0) is 9.59 Å². The molecule has 0 atom stereocenters. The molecule has 12 heteroatoms. The third kappa shape index (κ3) is 6.89. The molecule has 0 radical (unpaired) electrons. The molecule has 0 spiro atoms. The van der Waals surface area contributed by atoms with Gasteiger partial charge in [0.1, 0.15) is 10.8 Å². The van der Waals surface area contributed by atoms with Gasteiger partial charge in [-0.2, -0.15) is 4.98 Å². The molecule has 2 amide bonds. The van der Waals surface area contributed by atoms with Crippen molar-refractivity contribution in [2.75, 3.05) is 56.8 Å². The van der Waals surface area contributed by atoms with Gasteiger partial charge in [0, 0.05) is 45.0 Å². The van der Waals surface area contributed by atoms with E-state index in [1.807, 2.05) is 0 Å². The maximum Gasteiger partial charge on any atom is 0.294 e. The number of nitrogens with zero attached hydrogens (tertiary/aromatic N) is 4. The van der Waals surface area contributed by atoms with E-state index in [4.69, 9.17) is 16.3 Å². The summed E-state index contributed by atoms with van der Waals surface area (Å²) in [5, 5.41) is 9.14. The normalized spacial score (nSPS) is 12.3. The van der Waals surface area contributed by atoms with E-state index in [0.717, 1.165) is 13.1 Å². The molecule has 4 rings (SSSR count). The number of Topliss-reactive ketones (excluding diaryl/α,β-unsaturated/α-hetero) is 1. The Morgan fingerprint density at radius 2 is 1.85 bits per heavy atom. The van der Waals surface area contributed by atoms with E-state index in [2.05, 4.69) is 37.4 Å². The third-order valence-electron chi connectivity index (χ3n) is 5.75. The Labute approximate surface area is 230 Å². The number of anilines is 5. The molecular formula is C27H28ClN7O4. The minimum absolute atomic E-state index is 0.169. The van der Waals surface area contributed by atoms with Gasteiger partial charge in [0.2, 0.25) is 5.95 Å². The SMILES string of the molecule is C=C(CN1CC1)C(=O)Nc1ccc(OC)c(Nc2ncc(Cl)c(Nc3ccccc3C(=O)C(=O)N(C)C)n2)c1. The largest absolute Gasteiger partial charge is 0.495 e. The lowest BCUT2D eigenvalue weighted by Gasteiger charge is -2.15. The summed E-state index contributed by atoms with van der Waals surface area (Å²) >= 11 is 6.35. The topological polar surface area (TPSA) is 129 Å². The highest BCUT2D eigenvalue weighted by Crippen LogP contribution is 2.32. The van der Waals surface area contributed by atoms with Crippen molar-refractivity contribution < 1.29 is 19.1 Å². The monoisotopic (exact) mass is 549 g/mol. The van der Waals surface area contributed by atoms with E-state index in [1.165, 1.54) is 32.3 Å². The number of rotatable bonds is 11. The number of benzene rings is 2. The van der Waals surface area contributed by atoms with Crippen molar-refractivity contribution in [2.45, 2.75) is 0 Å². The predicted molar refractivity (Wildman–Crippen MR) is 150 cm³/mol. The Kier molecular flexibility index (Phi) is 8.43. The molecule has 2 heterocycles. The highest BCUT2D eigenvalue weighted by molar-refractivity contribution is 6.43. The van der Waals surface area contributed by atoms with Gasteiger partial charge in [-0.15, -0.1) is 0 Å². The van der Waals surface area contributed by atoms with E-state index in [1.54, 1.807) is 42.5 Å². The van der Waals surface area contributed by atoms with Crippen LogP contribution in [0.1, 0.15) is 10.4 Å². The molecule has 1 aromatic heterocycles. The number of hydrogen-bond acceptors (Lipinski definition) is 9. The Hall–Kier alpha value is -4.48. The van der Waals surface area contributed by atoms with Crippen LogP contribution in [0.3, 0.4) is 0 Å². The highest BCUT2D eigenvalue weighted by atomic mass is 35.5. The fourth-order valence-electron chi connectivity index (χ4n) is 3.54. The van der Waals surface area contributed by atoms with Crippen LogP contribution in [0.2, 0.25) is 5.02 Å². The van der Waals surface area contributed by atoms with Crippen LogP contribution in [0.25, 0.3) is 0 Å². The molecule has 0 aliphatic carbocycles. The quantitative estimate of drug-likeness (QED) is 0.142. The molecule has 0 bridgehead atoms. The van der Waals surface area contributed by atoms with Crippen LogP contribution >= 0.6 is 11.6 Å². The first-order valence-corrected chi connectivity index (χ1v) is 12.3. The number of carbonyl (C=O) groups is 3. The fraction of sp³-hybridized carbons (Fsp3) is 0.222. The average Bonchev–Trinajstić information content (AvgIpc) is 3.74. The van der Waals surface area contributed by atoms with Gasteiger partial charge in [-0.3, -0.25) is 19.3 Å². The summed E-state index contributed by atoms with van der Waals surface area (Å²) in [5.74, 6) is -0.736. The fourth-order valence-corrected chi connectivity index (χ4v) is 3.68. The van der Waals surface area contributed by atoms with Gasteiger partial charge in [-0.25, -0.2) is 4.98 Å². The van der Waals surface area contributed by atoms with E-state index < -0.39 is 11.7 Å². The highest BCUT2D eigenvalue weighted by Gasteiger charge is 2.22. The molecular weight excluding hydrogens is 522 g/mol. The van der Waals surface area contributed by atoms with Crippen LogP contribution < -0.4 is 20.7 Å². The van der Waals surface area contributed by atoms with Gasteiger partial charge in [-0.05, 0) is 30.3 Å². The predicted octanol–water partition coefficient (Wildman–Crippen LogP) is 3.71. The van der Waals surface area contributed by atoms with Crippen molar-refractivity contribution in [3.05, 3.63) is 71.4 Å². The van der Waals surface area contributed by atoms with Crippen molar-refractivity contribution in [3.8, 4) is 5.75 Å². The van der Waals surface area contributed by atoms with Gasteiger partial charge in [0.15, 0.2) is 5.82 Å². The minimum Gasteiger partial charge on any atom is -0.495 e. The number of carbonyl (C=O) groups excluding carboxylic acids is 3. The van der Waals surface area contributed by atoms with Gasteiger partial charge in [0.25, 0.3) is 17.6 Å². The number of aromatic nitrogens is 2. The summed E-state index contributed by atoms with van der Waals surface area (Å²) < 4.78 is 5.45. The number of hydrogen-bond donors (Lipinski definition) is 3. The van der Waals surface area contributed by atoms with Crippen LogP contribution in [0.15, 0.2) is 60.8 Å². The molecule has 1 saturated heterocycles. The number of amides is 2. The molecule has 0 unspecified atom stereocenters. The first-order valence-electron chi connectivity index (χ1n) is 12.0. The van der Waals surface area contributed by atoms with Gasteiger partial charge >= 0.3 is 0 Å². The number of likely N-dealkylation sites (N-methyl/N-ethyl adjacent to an activating group) is 1. The van der Waals surface area contributed by atoms with Crippen molar-refractivity contribution in [3.63, 3.8) is 0 Å². The molecule has 3 aromatic rings. The maximum absolute atomic E-state index is 12.7. The van der Waals surface area contributed by atoms with Crippen molar-refractivity contribution in [1.82, 2.24) is 19.8 Å². The Morgan fingerprint density at radius 3 is 2.54 bits per heavy atom. The van der Waals surface area contributed by atoms with Crippen molar-refractivity contribution in [1.29, 1.82) is 0 Å². The third-order valence-corrected chi connectivity index (χ3v) is 6.03. The van der Waals surface area contributed by atoms with E-state index >= 15 is 0 Å². The molecule has 11 nitrogen and oxygen atoms in total. The Balaban J connectivity index is 1.55. The summed E-state index contributed by atoms with van der Waals surface area (Å²) in [4.78, 5) is 49.5. The second-order valence-electron chi connectivity index (χ2n) is 8.96. The number of ketones is 1. The summed E-state index contributed by atoms with van der Waals surface area (Å²) in [7, 11) is 4.53. The summed E-state index contributed by atoms with van der Waals surface area (Å²) in [6.45, 7) is 6.33. The lowest BCUT2D eigenvalue weighted by molar-refractivity contribution is -0.124. The lowest BCUT2D eigenvalue weighted by atomic mass is 10.1. The first-order chi connectivity index (χ1) is 18.7. The molecule has 3 N–H and O–H groups in total. The van der Waals surface area contributed by atoms with Crippen LogP contribution in [0.5, 0.6) is 5.75 Å². The molecule has 202 valence electrons. The Bertz CT molecular complexity index is 1440. The van der Waals surface area contributed by atoms with E-state index in [-0.39, 0.29) is 28.3 Å². The van der Waals surface area contributed by atoms with Crippen molar-refractivity contribution in [2.24, 2.45) is 0 Å². The number of nitrogens with one attached hydrogen (secondary N) is 3. The smallest absolute Gasteiger partial charge is 0.294 e. The molecule has 1 aliphatic rings. The second kappa shape index (κ2) is 11.9. The summed E-state index contributed by atoms with van der Waals surface area (Å²) in [5.41, 5.74) is 2.02. The molecule has 1 aliphatic heterocycles. The maximum atomic E-state index is 12.7. The molecule has 1 fully saturated rings. The standard InChI is InChI=1S/C27H28ClN7O4/c1-16(15-35-11-12-35)25(37)30-17-9-10-22(39-4)21(13-17)32-27-29-14-19(28)24(33-27)31-20-8-6-5-7-18(20)23(36)26(38)34(2)3/h5-10,13-14H,1,11-12,15H2,2-4H3,(H,30,37)(H2,29,31,32,33). The second-order valence-corrected chi connectivity index (χ2v) is 9.37. The number of para-hydroxylation sites is 1. The average molecular weight is 550 g/mol. The van der Waals surface area contributed by atoms with Gasteiger partial charge in [-0.1, -0.05) is 30.3 Å². The zero-order valence-electron chi connectivity index (χ0n) is 21.7. The Morgan fingerprint density at radius 1 is 1.10 bits per heavy atom. The van der Waals surface area contributed by atoms with Crippen molar-refractivity contribution >= 4 is 58.0 Å². The minimum atomic E-state index is -0.674. The summed E-state index contributed by atoms with van der Waals surface area (Å²) in [6.07, 6.45) is 1.39. The number of methoxy groups -OCH3 is 1. The zero-order chi connectivity index (χ0) is 28.1. The summed E-state index contributed by atoms with van der Waals surface area (Å²) in [6, 6.07) is 11.7.